The van der Waals surface area contributed by atoms with E-state index in [4.69, 9.17) is 5.73 Å². The minimum Gasteiger partial charge on any atom is -0.392 e. The first-order valence-electron chi connectivity index (χ1n) is 4.59. The molecule has 0 heterocycles. The molecule has 13 heavy (non-hydrogen) atoms. The molecule has 0 spiro atoms. The van der Waals surface area contributed by atoms with E-state index >= 15 is 0 Å². The van der Waals surface area contributed by atoms with Gasteiger partial charge in [-0.15, -0.1) is 0 Å². The molecule has 0 aliphatic rings. The van der Waals surface area contributed by atoms with Crippen molar-refractivity contribution in [1.29, 1.82) is 0 Å². The van der Waals surface area contributed by atoms with Gasteiger partial charge in [0.15, 0.2) is 0 Å². The van der Waals surface area contributed by atoms with Crippen molar-refractivity contribution in [3.8, 4) is 0 Å². The van der Waals surface area contributed by atoms with Crippen molar-refractivity contribution in [3.63, 3.8) is 0 Å². The Morgan fingerprint density at radius 1 is 1.31 bits per heavy atom. The van der Waals surface area contributed by atoms with Crippen molar-refractivity contribution < 1.29 is 5.11 Å². The monoisotopic (exact) mass is 179 g/mol. The predicted octanol–water partition coefficient (Wildman–Crippen LogP) is 1.25. The summed E-state index contributed by atoms with van der Waals surface area (Å²) in [6.45, 7) is 3.78. The van der Waals surface area contributed by atoms with Crippen LogP contribution in [-0.4, -0.2) is 17.3 Å². The smallest absolute Gasteiger partial charge is 0.0666 e. The zero-order valence-corrected chi connectivity index (χ0v) is 8.20. The largest absolute Gasteiger partial charge is 0.392 e. The van der Waals surface area contributed by atoms with Crippen molar-refractivity contribution in [2.75, 3.05) is 0 Å². The Bertz CT molecular complexity index is 253. The highest BCUT2D eigenvalue weighted by Gasteiger charge is 2.09. The molecule has 2 nitrogen and oxygen atoms in total. The van der Waals surface area contributed by atoms with E-state index in [1.54, 1.807) is 6.92 Å². The lowest BCUT2D eigenvalue weighted by molar-refractivity contribution is 0.163. The van der Waals surface area contributed by atoms with Crippen LogP contribution in [-0.2, 0) is 6.42 Å². The van der Waals surface area contributed by atoms with E-state index in [-0.39, 0.29) is 6.04 Å². The molecule has 1 aromatic carbocycles. The summed E-state index contributed by atoms with van der Waals surface area (Å²) in [7, 11) is 0. The summed E-state index contributed by atoms with van der Waals surface area (Å²) in [4.78, 5) is 0. The number of benzene rings is 1. The van der Waals surface area contributed by atoms with Gasteiger partial charge in [-0.1, -0.05) is 29.8 Å². The summed E-state index contributed by atoms with van der Waals surface area (Å²) < 4.78 is 0. The number of aliphatic hydroxyl groups is 1. The standard InChI is InChI=1S/C11H17NO/c1-8-3-5-10(6-4-8)7-11(12)9(2)13/h3-6,9,11,13H,7,12H2,1-2H3/t9-,11+/m1/s1. The molecule has 1 rings (SSSR count). The molecule has 0 aliphatic heterocycles. The quantitative estimate of drug-likeness (QED) is 0.733. The van der Waals surface area contributed by atoms with Crippen LogP contribution in [0.2, 0.25) is 0 Å². The van der Waals surface area contributed by atoms with Crippen LogP contribution >= 0.6 is 0 Å². The van der Waals surface area contributed by atoms with Gasteiger partial charge in [-0.25, -0.2) is 0 Å². The number of aryl methyl sites for hydroxylation is 1. The molecule has 2 heteroatoms. The first kappa shape index (κ1) is 10.2. The third-order valence-electron chi connectivity index (χ3n) is 2.21. The molecule has 0 aromatic heterocycles. The van der Waals surface area contributed by atoms with Crippen LogP contribution in [0.15, 0.2) is 24.3 Å². The third-order valence-corrected chi connectivity index (χ3v) is 2.21. The topological polar surface area (TPSA) is 46.2 Å². The second-order valence-corrected chi connectivity index (χ2v) is 3.59. The number of aliphatic hydroxyl groups excluding tert-OH is 1. The van der Waals surface area contributed by atoms with Crippen molar-refractivity contribution in [2.24, 2.45) is 5.73 Å². The molecule has 0 saturated heterocycles. The summed E-state index contributed by atoms with van der Waals surface area (Å²) in [5.41, 5.74) is 8.16. The van der Waals surface area contributed by atoms with Crippen molar-refractivity contribution in [2.45, 2.75) is 32.4 Å². The van der Waals surface area contributed by atoms with Gasteiger partial charge in [0.05, 0.1) is 6.10 Å². The molecule has 0 aliphatic carbocycles. The molecule has 0 radical (unpaired) electrons. The van der Waals surface area contributed by atoms with Gasteiger partial charge < -0.3 is 10.8 Å². The Labute approximate surface area is 79.4 Å². The normalized spacial score (nSPS) is 15.4. The molecule has 0 unspecified atom stereocenters. The van der Waals surface area contributed by atoms with Gasteiger partial charge in [-0.05, 0) is 25.8 Å². The first-order valence-corrected chi connectivity index (χ1v) is 4.59. The molecule has 0 amide bonds. The van der Waals surface area contributed by atoms with Gasteiger partial charge in [0.25, 0.3) is 0 Å². The van der Waals surface area contributed by atoms with Crippen molar-refractivity contribution in [1.82, 2.24) is 0 Å². The maximum absolute atomic E-state index is 9.21. The van der Waals surface area contributed by atoms with E-state index in [0.717, 1.165) is 6.42 Å². The number of nitrogens with two attached hydrogens (primary N) is 1. The summed E-state index contributed by atoms with van der Waals surface area (Å²) >= 11 is 0. The van der Waals surface area contributed by atoms with Crippen LogP contribution in [0.25, 0.3) is 0 Å². The Morgan fingerprint density at radius 2 is 1.85 bits per heavy atom. The van der Waals surface area contributed by atoms with E-state index in [1.165, 1.54) is 11.1 Å². The van der Waals surface area contributed by atoms with Crippen LogP contribution in [0.1, 0.15) is 18.1 Å². The molecule has 0 saturated carbocycles. The summed E-state index contributed by atoms with van der Waals surface area (Å²) in [5, 5.41) is 9.21. The van der Waals surface area contributed by atoms with Gasteiger partial charge in [-0.3, -0.25) is 0 Å². The fourth-order valence-corrected chi connectivity index (χ4v) is 1.17. The molecule has 2 atom stereocenters. The third kappa shape index (κ3) is 3.17. The molecule has 0 bridgehead atoms. The lowest BCUT2D eigenvalue weighted by Gasteiger charge is -2.14. The molecule has 1 aromatic rings. The number of hydrogen-bond donors (Lipinski definition) is 2. The van der Waals surface area contributed by atoms with Crippen molar-refractivity contribution in [3.05, 3.63) is 35.4 Å². The number of rotatable bonds is 3. The van der Waals surface area contributed by atoms with E-state index < -0.39 is 6.10 Å². The van der Waals surface area contributed by atoms with Gasteiger partial charge in [-0.2, -0.15) is 0 Å². The maximum atomic E-state index is 9.21. The average molecular weight is 179 g/mol. The van der Waals surface area contributed by atoms with Gasteiger partial charge in [0.1, 0.15) is 0 Å². The molecule has 3 N–H and O–H groups in total. The molecule has 0 fully saturated rings. The fourth-order valence-electron chi connectivity index (χ4n) is 1.17. The predicted molar refractivity (Wildman–Crippen MR) is 54.5 cm³/mol. The second kappa shape index (κ2) is 4.40. The zero-order chi connectivity index (χ0) is 9.84. The molecule has 72 valence electrons. The van der Waals surface area contributed by atoms with Crippen LogP contribution in [0.4, 0.5) is 0 Å². The summed E-state index contributed by atoms with van der Waals surface area (Å²) in [6, 6.07) is 8.06. The van der Waals surface area contributed by atoms with E-state index in [9.17, 15) is 5.11 Å². The van der Waals surface area contributed by atoms with Crippen LogP contribution in [0, 0.1) is 6.92 Å². The van der Waals surface area contributed by atoms with Gasteiger partial charge in [0.2, 0.25) is 0 Å². The first-order chi connectivity index (χ1) is 6.09. The Kier molecular flexibility index (Phi) is 3.46. The highest BCUT2D eigenvalue weighted by molar-refractivity contribution is 5.22. The second-order valence-electron chi connectivity index (χ2n) is 3.59. The molecular weight excluding hydrogens is 162 g/mol. The zero-order valence-electron chi connectivity index (χ0n) is 8.20. The summed E-state index contributed by atoms with van der Waals surface area (Å²) in [5.74, 6) is 0. The van der Waals surface area contributed by atoms with Gasteiger partial charge >= 0.3 is 0 Å². The average Bonchev–Trinajstić information content (AvgIpc) is 2.08. The highest BCUT2D eigenvalue weighted by Crippen LogP contribution is 2.06. The minimum atomic E-state index is -0.443. The maximum Gasteiger partial charge on any atom is 0.0666 e. The Hall–Kier alpha value is -0.860. The Balaban J connectivity index is 2.59. The van der Waals surface area contributed by atoms with Gasteiger partial charge in [0, 0.05) is 6.04 Å². The lowest BCUT2D eigenvalue weighted by atomic mass is 10.0. The fraction of sp³-hybridized carbons (Fsp3) is 0.455. The SMILES string of the molecule is Cc1ccc(C[C@H](N)[C@@H](C)O)cc1. The van der Waals surface area contributed by atoms with E-state index in [1.807, 2.05) is 0 Å². The summed E-state index contributed by atoms with van der Waals surface area (Å²) in [6.07, 6.45) is 0.291. The minimum absolute atomic E-state index is 0.164. The number of hydrogen-bond acceptors (Lipinski definition) is 2. The van der Waals surface area contributed by atoms with E-state index in [2.05, 4.69) is 31.2 Å². The lowest BCUT2D eigenvalue weighted by Crippen LogP contribution is -2.34. The van der Waals surface area contributed by atoms with Crippen LogP contribution < -0.4 is 5.73 Å². The van der Waals surface area contributed by atoms with E-state index in [0.29, 0.717) is 0 Å². The van der Waals surface area contributed by atoms with Crippen LogP contribution in [0.5, 0.6) is 0 Å². The molecular formula is C11H17NO. The Morgan fingerprint density at radius 3 is 2.31 bits per heavy atom. The highest BCUT2D eigenvalue weighted by atomic mass is 16.3. The van der Waals surface area contributed by atoms with Crippen LogP contribution in [0.3, 0.4) is 0 Å². The van der Waals surface area contributed by atoms with Crippen molar-refractivity contribution >= 4 is 0 Å².